The molecule has 1 aliphatic rings. The van der Waals surface area contributed by atoms with E-state index in [1.54, 1.807) is 14.2 Å². The summed E-state index contributed by atoms with van der Waals surface area (Å²) in [7, 11) is 3.22. The fourth-order valence-corrected chi connectivity index (χ4v) is 2.84. The Balaban J connectivity index is 2.27. The number of hydrogen-bond donors (Lipinski definition) is 2. The fourth-order valence-electron chi connectivity index (χ4n) is 2.84. The second-order valence-corrected chi connectivity index (χ2v) is 5.18. The van der Waals surface area contributed by atoms with Crippen molar-refractivity contribution in [3.05, 3.63) is 23.8 Å². The summed E-state index contributed by atoms with van der Waals surface area (Å²) < 4.78 is 10.7. The van der Waals surface area contributed by atoms with Crippen LogP contribution in [0.15, 0.2) is 18.2 Å². The monoisotopic (exact) mass is 294 g/mol. The van der Waals surface area contributed by atoms with Crippen LogP contribution in [0.2, 0.25) is 0 Å². The van der Waals surface area contributed by atoms with Crippen LogP contribution in [-0.2, 0) is 4.79 Å². The standard InChI is InChI=1S/C15H22N2O4/c1-20-11-3-4-14(21-2)12(7-11)13(8-16)17-6-5-10(9-17)15(18)19/h3-4,7,10,13H,5-6,8-9,16H2,1-2H3,(H,18,19)/t10-,13-/m1/s1. The summed E-state index contributed by atoms with van der Waals surface area (Å²) in [5, 5.41) is 9.14. The van der Waals surface area contributed by atoms with E-state index in [1.165, 1.54) is 0 Å². The number of ether oxygens (including phenoxy) is 2. The van der Waals surface area contributed by atoms with Gasteiger partial charge in [0.1, 0.15) is 11.5 Å². The number of methoxy groups -OCH3 is 2. The van der Waals surface area contributed by atoms with Crippen LogP contribution in [0.4, 0.5) is 0 Å². The molecule has 0 unspecified atom stereocenters. The summed E-state index contributed by atoms with van der Waals surface area (Å²) >= 11 is 0. The van der Waals surface area contributed by atoms with Gasteiger partial charge < -0.3 is 20.3 Å². The smallest absolute Gasteiger partial charge is 0.307 e. The maximum atomic E-state index is 11.1. The van der Waals surface area contributed by atoms with Gasteiger partial charge in [0.05, 0.1) is 26.2 Å². The molecular formula is C15H22N2O4. The molecule has 0 aromatic heterocycles. The minimum Gasteiger partial charge on any atom is -0.497 e. The van der Waals surface area contributed by atoms with Gasteiger partial charge in [-0.1, -0.05) is 0 Å². The highest BCUT2D eigenvalue weighted by molar-refractivity contribution is 5.70. The van der Waals surface area contributed by atoms with Crippen LogP contribution >= 0.6 is 0 Å². The zero-order valence-corrected chi connectivity index (χ0v) is 12.4. The molecule has 0 amide bonds. The van der Waals surface area contributed by atoms with Crippen LogP contribution in [-0.4, -0.2) is 49.8 Å². The average molecular weight is 294 g/mol. The lowest BCUT2D eigenvalue weighted by molar-refractivity contribution is -0.141. The highest BCUT2D eigenvalue weighted by atomic mass is 16.5. The van der Waals surface area contributed by atoms with Gasteiger partial charge in [0.2, 0.25) is 0 Å². The number of nitrogens with two attached hydrogens (primary N) is 1. The third kappa shape index (κ3) is 3.28. The van der Waals surface area contributed by atoms with Crippen molar-refractivity contribution < 1.29 is 19.4 Å². The third-order valence-corrected chi connectivity index (χ3v) is 4.03. The van der Waals surface area contributed by atoms with Crippen molar-refractivity contribution in [2.75, 3.05) is 33.9 Å². The lowest BCUT2D eigenvalue weighted by Gasteiger charge is -2.28. The Morgan fingerprint density at radius 3 is 2.76 bits per heavy atom. The van der Waals surface area contributed by atoms with Crippen molar-refractivity contribution in [3.8, 4) is 11.5 Å². The molecule has 1 fully saturated rings. The van der Waals surface area contributed by atoms with E-state index in [4.69, 9.17) is 20.3 Å². The molecule has 0 saturated carbocycles. The molecule has 2 atom stereocenters. The number of likely N-dealkylation sites (tertiary alicyclic amines) is 1. The lowest BCUT2D eigenvalue weighted by Crippen LogP contribution is -2.33. The first kappa shape index (κ1) is 15.6. The van der Waals surface area contributed by atoms with E-state index in [9.17, 15) is 4.79 Å². The van der Waals surface area contributed by atoms with E-state index in [1.807, 2.05) is 18.2 Å². The maximum Gasteiger partial charge on any atom is 0.307 e. The fraction of sp³-hybridized carbons (Fsp3) is 0.533. The van der Waals surface area contributed by atoms with Gasteiger partial charge in [-0.25, -0.2) is 0 Å². The molecule has 0 radical (unpaired) electrons. The molecule has 116 valence electrons. The Bertz CT molecular complexity index is 506. The molecule has 21 heavy (non-hydrogen) atoms. The Kier molecular flexibility index (Phi) is 5.03. The Hall–Kier alpha value is -1.79. The number of rotatable bonds is 6. The van der Waals surface area contributed by atoms with Gasteiger partial charge in [0.15, 0.2) is 0 Å². The van der Waals surface area contributed by atoms with Gasteiger partial charge in [-0.2, -0.15) is 0 Å². The molecule has 6 nitrogen and oxygen atoms in total. The van der Waals surface area contributed by atoms with Crippen LogP contribution in [0.25, 0.3) is 0 Å². The van der Waals surface area contributed by atoms with Crippen molar-refractivity contribution >= 4 is 5.97 Å². The van der Waals surface area contributed by atoms with Gasteiger partial charge in [-0.05, 0) is 31.2 Å². The number of hydrogen-bond acceptors (Lipinski definition) is 5. The van der Waals surface area contributed by atoms with E-state index in [2.05, 4.69) is 4.90 Å². The van der Waals surface area contributed by atoms with E-state index in [0.717, 1.165) is 23.6 Å². The van der Waals surface area contributed by atoms with E-state index in [-0.39, 0.29) is 12.0 Å². The van der Waals surface area contributed by atoms with Gasteiger partial charge in [0, 0.05) is 18.7 Å². The first-order chi connectivity index (χ1) is 10.1. The molecule has 3 N–H and O–H groups in total. The van der Waals surface area contributed by atoms with Crippen molar-refractivity contribution in [1.29, 1.82) is 0 Å². The highest BCUT2D eigenvalue weighted by Crippen LogP contribution is 2.34. The van der Waals surface area contributed by atoms with Gasteiger partial charge in [-0.15, -0.1) is 0 Å². The quantitative estimate of drug-likeness (QED) is 0.817. The minimum atomic E-state index is -0.745. The van der Waals surface area contributed by atoms with Gasteiger partial charge in [0.25, 0.3) is 0 Å². The van der Waals surface area contributed by atoms with Crippen LogP contribution in [0.5, 0.6) is 11.5 Å². The number of carboxylic acids is 1. The number of carbonyl (C=O) groups is 1. The number of carboxylic acid groups (broad SMARTS) is 1. The zero-order valence-electron chi connectivity index (χ0n) is 12.4. The minimum absolute atomic E-state index is 0.0700. The van der Waals surface area contributed by atoms with Gasteiger partial charge in [-0.3, -0.25) is 9.69 Å². The second-order valence-electron chi connectivity index (χ2n) is 5.18. The first-order valence-corrected chi connectivity index (χ1v) is 6.99. The predicted octanol–water partition coefficient (Wildman–Crippen LogP) is 1.11. The molecule has 2 rings (SSSR count). The molecule has 1 aromatic rings. The van der Waals surface area contributed by atoms with Crippen molar-refractivity contribution in [2.45, 2.75) is 12.5 Å². The SMILES string of the molecule is COc1ccc(OC)c([C@@H](CN)N2CC[C@@H](C(=O)O)C2)c1. The number of aliphatic carboxylic acids is 1. The normalized spacial score (nSPS) is 20.2. The van der Waals surface area contributed by atoms with Crippen LogP contribution in [0.1, 0.15) is 18.0 Å². The summed E-state index contributed by atoms with van der Waals surface area (Å²) in [5.74, 6) is 0.407. The molecule has 6 heteroatoms. The topological polar surface area (TPSA) is 85.0 Å². The van der Waals surface area contributed by atoms with E-state index in [0.29, 0.717) is 19.5 Å². The Morgan fingerprint density at radius 1 is 1.48 bits per heavy atom. The highest BCUT2D eigenvalue weighted by Gasteiger charge is 2.33. The molecule has 1 heterocycles. The van der Waals surface area contributed by atoms with Crippen molar-refractivity contribution in [2.24, 2.45) is 11.7 Å². The lowest BCUT2D eigenvalue weighted by atomic mass is 10.0. The first-order valence-electron chi connectivity index (χ1n) is 6.99. The summed E-state index contributed by atoms with van der Waals surface area (Å²) in [6, 6.07) is 5.52. The molecule has 1 saturated heterocycles. The van der Waals surface area contributed by atoms with Crippen LogP contribution in [0, 0.1) is 5.92 Å². The Morgan fingerprint density at radius 2 is 2.24 bits per heavy atom. The second kappa shape index (κ2) is 6.78. The predicted molar refractivity (Wildman–Crippen MR) is 78.7 cm³/mol. The summed E-state index contributed by atoms with van der Waals surface area (Å²) in [4.78, 5) is 13.2. The molecule has 1 aromatic carbocycles. The third-order valence-electron chi connectivity index (χ3n) is 4.03. The number of nitrogens with zero attached hydrogens (tertiary/aromatic N) is 1. The molecule has 0 bridgehead atoms. The van der Waals surface area contributed by atoms with Crippen molar-refractivity contribution in [3.63, 3.8) is 0 Å². The van der Waals surface area contributed by atoms with Crippen molar-refractivity contribution in [1.82, 2.24) is 4.90 Å². The molecule has 1 aliphatic heterocycles. The summed E-state index contributed by atoms with van der Waals surface area (Å²) in [5.41, 5.74) is 6.87. The summed E-state index contributed by atoms with van der Waals surface area (Å²) in [6.45, 7) is 1.63. The zero-order chi connectivity index (χ0) is 15.4. The Labute approximate surface area is 124 Å². The van der Waals surface area contributed by atoms with Crippen LogP contribution < -0.4 is 15.2 Å². The van der Waals surface area contributed by atoms with Gasteiger partial charge >= 0.3 is 5.97 Å². The van der Waals surface area contributed by atoms with E-state index < -0.39 is 5.97 Å². The molecular weight excluding hydrogens is 272 g/mol. The molecule has 0 aliphatic carbocycles. The summed E-state index contributed by atoms with van der Waals surface area (Å²) in [6.07, 6.45) is 0.651. The number of benzene rings is 1. The van der Waals surface area contributed by atoms with Crippen LogP contribution in [0.3, 0.4) is 0 Å². The average Bonchev–Trinajstić information content (AvgIpc) is 2.98. The largest absolute Gasteiger partial charge is 0.497 e. The maximum absolute atomic E-state index is 11.1. The van der Waals surface area contributed by atoms with E-state index >= 15 is 0 Å². The molecule has 0 spiro atoms.